The van der Waals surface area contributed by atoms with Crippen molar-refractivity contribution in [1.82, 2.24) is 4.98 Å². The van der Waals surface area contributed by atoms with E-state index in [1.54, 1.807) is 37.0 Å². The second-order valence-corrected chi connectivity index (χ2v) is 6.63. The number of benzene rings is 2. The lowest BCUT2D eigenvalue weighted by Crippen LogP contribution is -2.12. The van der Waals surface area contributed by atoms with Gasteiger partial charge in [0.1, 0.15) is 0 Å². The molecule has 140 valence electrons. The SMILES string of the molecule is CCOc1ccc(C(Nc2cccc(C(=O)O)c2)c2cncs2)cc1OC. The van der Waals surface area contributed by atoms with Gasteiger partial charge >= 0.3 is 5.97 Å². The number of carbonyl (C=O) groups is 1. The summed E-state index contributed by atoms with van der Waals surface area (Å²) in [6, 6.07) is 12.3. The number of ether oxygens (including phenoxy) is 2. The molecule has 0 spiro atoms. The molecular formula is C20H20N2O4S. The highest BCUT2D eigenvalue weighted by molar-refractivity contribution is 7.09. The number of aromatic carboxylic acids is 1. The van der Waals surface area contributed by atoms with E-state index < -0.39 is 5.97 Å². The highest BCUT2D eigenvalue weighted by atomic mass is 32.1. The van der Waals surface area contributed by atoms with Gasteiger partial charge < -0.3 is 19.9 Å². The van der Waals surface area contributed by atoms with Crippen LogP contribution in [0.3, 0.4) is 0 Å². The predicted octanol–water partition coefficient (Wildman–Crippen LogP) is 4.45. The molecule has 2 N–H and O–H groups in total. The lowest BCUT2D eigenvalue weighted by atomic mass is 10.0. The smallest absolute Gasteiger partial charge is 0.335 e. The van der Waals surface area contributed by atoms with Crippen molar-refractivity contribution in [1.29, 1.82) is 0 Å². The zero-order valence-corrected chi connectivity index (χ0v) is 15.8. The van der Waals surface area contributed by atoms with E-state index in [9.17, 15) is 9.90 Å². The van der Waals surface area contributed by atoms with E-state index in [1.807, 2.05) is 31.2 Å². The van der Waals surface area contributed by atoms with Crippen LogP contribution >= 0.6 is 11.3 Å². The quantitative estimate of drug-likeness (QED) is 0.597. The van der Waals surface area contributed by atoms with E-state index in [-0.39, 0.29) is 11.6 Å². The molecule has 0 aliphatic carbocycles. The summed E-state index contributed by atoms with van der Waals surface area (Å²) in [5.74, 6) is 0.361. The number of hydrogen-bond donors (Lipinski definition) is 2. The van der Waals surface area contributed by atoms with Gasteiger partial charge in [-0.1, -0.05) is 12.1 Å². The van der Waals surface area contributed by atoms with Gasteiger partial charge in [-0.3, -0.25) is 4.98 Å². The van der Waals surface area contributed by atoms with Crippen LogP contribution in [-0.4, -0.2) is 29.8 Å². The third kappa shape index (κ3) is 4.38. The van der Waals surface area contributed by atoms with Crippen LogP contribution in [0.2, 0.25) is 0 Å². The summed E-state index contributed by atoms with van der Waals surface area (Å²) >= 11 is 1.52. The third-order valence-corrected chi connectivity index (χ3v) is 4.82. The highest BCUT2D eigenvalue weighted by Gasteiger charge is 2.19. The van der Waals surface area contributed by atoms with E-state index in [1.165, 1.54) is 11.3 Å². The Morgan fingerprint density at radius 3 is 2.78 bits per heavy atom. The van der Waals surface area contributed by atoms with Crippen LogP contribution in [0.5, 0.6) is 11.5 Å². The normalized spacial score (nSPS) is 11.6. The average molecular weight is 384 g/mol. The minimum absolute atomic E-state index is 0.203. The van der Waals surface area contributed by atoms with E-state index in [4.69, 9.17) is 9.47 Å². The number of hydrogen-bond acceptors (Lipinski definition) is 6. The van der Waals surface area contributed by atoms with Crippen molar-refractivity contribution in [3.63, 3.8) is 0 Å². The molecule has 1 atom stereocenters. The summed E-state index contributed by atoms with van der Waals surface area (Å²) in [4.78, 5) is 16.4. The molecule has 0 saturated heterocycles. The van der Waals surface area contributed by atoms with Crippen LogP contribution in [0.1, 0.15) is 33.8 Å². The number of rotatable bonds is 8. The van der Waals surface area contributed by atoms with Gasteiger partial charge in [0.25, 0.3) is 0 Å². The number of nitrogens with zero attached hydrogens (tertiary/aromatic N) is 1. The average Bonchev–Trinajstić information content (AvgIpc) is 3.21. The molecule has 27 heavy (non-hydrogen) atoms. The first-order valence-corrected chi connectivity index (χ1v) is 9.29. The van der Waals surface area contributed by atoms with E-state index in [0.717, 1.165) is 10.4 Å². The second kappa shape index (κ2) is 8.55. The maximum Gasteiger partial charge on any atom is 0.335 e. The standard InChI is InChI=1S/C20H20N2O4S/c1-3-26-16-8-7-13(10-17(16)25-2)19(18-11-21-12-27-18)22-15-6-4-5-14(9-15)20(23)24/h4-12,19,22H,3H2,1-2H3,(H,23,24). The molecular weight excluding hydrogens is 364 g/mol. The van der Waals surface area contributed by atoms with Crippen LogP contribution in [0.4, 0.5) is 5.69 Å². The van der Waals surface area contributed by atoms with Crippen LogP contribution in [0.15, 0.2) is 54.2 Å². The number of anilines is 1. The summed E-state index contributed by atoms with van der Waals surface area (Å²) in [5, 5.41) is 12.6. The Labute approximate surface area is 161 Å². The van der Waals surface area contributed by atoms with Crippen molar-refractivity contribution in [2.45, 2.75) is 13.0 Å². The Balaban J connectivity index is 1.98. The van der Waals surface area contributed by atoms with Gasteiger partial charge in [-0.05, 0) is 42.8 Å². The van der Waals surface area contributed by atoms with Gasteiger partial charge in [-0.2, -0.15) is 0 Å². The fraction of sp³-hybridized carbons (Fsp3) is 0.200. The first-order chi connectivity index (χ1) is 13.1. The molecule has 1 aromatic heterocycles. The van der Waals surface area contributed by atoms with E-state index in [2.05, 4.69) is 10.3 Å². The summed E-state index contributed by atoms with van der Waals surface area (Å²) in [6.07, 6.45) is 1.80. The Morgan fingerprint density at radius 2 is 2.11 bits per heavy atom. The van der Waals surface area contributed by atoms with Crippen molar-refractivity contribution in [2.24, 2.45) is 0 Å². The molecule has 1 heterocycles. The molecule has 0 saturated carbocycles. The number of carboxylic acid groups (broad SMARTS) is 1. The molecule has 0 radical (unpaired) electrons. The zero-order valence-electron chi connectivity index (χ0n) is 15.0. The molecule has 7 heteroatoms. The van der Waals surface area contributed by atoms with Gasteiger partial charge in [0.15, 0.2) is 11.5 Å². The molecule has 0 amide bonds. The lowest BCUT2D eigenvalue weighted by molar-refractivity contribution is 0.0697. The topological polar surface area (TPSA) is 80.7 Å². The Hall–Kier alpha value is -3.06. The van der Waals surface area contributed by atoms with Gasteiger partial charge in [-0.15, -0.1) is 11.3 Å². The molecule has 3 rings (SSSR count). The fourth-order valence-electron chi connectivity index (χ4n) is 2.73. The number of nitrogens with one attached hydrogen (secondary N) is 1. The minimum Gasteiger partial charge on any atom is -0.493 e. The summed E-state index contributed by atoms with van der Waals surface area (Å²) < 4.78 is 11.1. The van der Waals surface area contributed by atoms with Crippen LogP contribution in [0, 0.1) is 0 Å². The summed E-state index contributed by atoms with van der Waals surface area (Å²) in [7, 11) is 1.60. The van der Waals surface area contributed by atoms with E-state index in [0.29, 0.717) is 23.8 Å². The third-order valence-electron chi connectivity index (χ3n) is 3.98. The summed E-state index contributed by atoms with van der Waals surface area (Å²) in [6.45, 7) is 2.47. The van der Waals surface area contributed by atoms with Crippen molar-refractivity contribution in [2.75, 3.05) is 19.0 Å². The number of methoxy groups -OCH3 is 1. The second-order valence-electron chi connectivity index (χ2n) is 5.71. The minimum atomic E-state index is -0.962. The maximum atomic E-state index is 11.3. The van der Waals surface area contributed by atoms with Crippen molar-refractivity contribution in [3.8, 4) is 11.5 Å². The first-order valence-electron chi connectivity index (χ1n) is 8.41. The van der Waals surface area contributed by atoms with Gasteiger partial charge in [0.05, 0.1) is 35.7 Å². The van der Waals surface area contributed by atoms with Crippen LogP contribution < -0.4 is 14.8 Å². The van der Waals surface area contributed by atoms with Crippen molar-refractivity contribution >= 4 is 23.0 Å². The number of thiazole rings is 1. The zero-order chi connectivity index (χ0) is 19.2. The van der Waals surface area contributed by atoms with Gasteiger partial charge in [0, 0.05) is 11.9 Å². The van der Waals surface area contributed by atoms with Crippen molar-refractivity contribution < 1.29 is 19.4 Å². The van der Waals surface area contributed by atoms with Crippen LogP contribution in [-0.2, 0) is 0 Å². The largest absolute Gasteiger partial charge is 0.493 e. The monoisotopic (exact) mass is 384 g/mol. The van der Waals surface area contributed by atoms with Crippen molar-refractivity contribution in [3.05, 3.63) is 70.2 Å². The molecule has 1 unspecified atom stereocenters. The van der Waals surface area contributed by atoms with E-state index >= 15 is 0 Å². The molecule has 3 aromatic rings. The molecule has 0 aliphatic heterocycles. The Kier molecular flexibility index (Phi) is 5.93. The van der Waals surface area contributed by atoms with Gasteiger partial charge in [0.2, 0.25) is 0 Å². The maximum absolute atomic E-state index is 11.3. The fourth-order valence-corrected chi connectivity index (χ4v) is 3.43. The van der Waals surface area contributed by atoms with Crippen LogP contribution in [0.25, 0.3) is 0 Å². The predicted molar refractivity (Wildman–Crippen MR) is 105 cm³/mol. The summed E-state index contributed by atoms with van der Waals surface area (Å²) in [5.41, 5.74) is 3.66. The first kappa shape index (κ1) is 18.7. The molecule has 0 fully saturated rings. The number of carboxylic acids is 1. The number of aromatic nitrogens is 1. The highest BCUT2D eigenvalue weighted by Crippen LogP contribution is 2.35. The Bertz CT molecular complexity index is 912. The molecule has 0 bridgehead atoms. The Morgan fingerprint density at radius 1 is 1.26 bits per heavy atom. The molecule has 0 aliphatic rings. The van der Waals surface area contributed by atoms with Gasteiger partial charge in [-0.25, -0.2) is 4.79 Å². The molecule has 6 nitrogen and oxygen atoms in total. The molecule has 2 aromatic carbocycles. The lowest BCUT2D eigenvalue weighted by Gasteiger charge is -2.21.